The van der Waals surface area contributed by atoms with Crippen molar-refractivity contribution in [3.8, 4) is 11.8 Å². The first-order chi connectivity index (χ1) is 8.95. The lowest BCUT2D eigenvalue weighted by molar-refractivity contribution is -0.120. The Balaban J connectivity index is 2.97. The monoisotopic (exact) mass is 263 g/mol. The number of anilines is 1. The second-order valence-electron chi connectivity index (χ2n) is 4.67. The number of aliphatic hydroxyl groups is 1. The third kappa shape index (κ3) is 4.38. The molecule has 1 unspecified atom stereocenters. The molecule has 0 bridgehead atoms. The number of rotatable bonds is 3. The molecule has 1 aromatic rings. The van der Waals surface area contributed by atoms with Crippen LogP contribution >= 0.6 is 0 Å². The van der Waals surface area contributed by atoms with Gasteiger partial charge in [-0.15, -0.1) is 0 Å². The van der Waals surface area contributed by atoms with Gasteiger partial charge in [-0.05, 0) is 24.1 Å². The maximum atomic E-state index is 13.2. The van der Waals surface area contributed by atoms with Gasteiger partial charge in [0.2, 0.25) is 5.91 Å². The van der Waals surface area contributed by atoms with E-state index in [4.69, 9.17) is 5.11 Å². The van der Waals surface area contributed by atoms with Gasteiger partial charge in [-0.2, -0.15) is 0 Å². The fraction of sp³-hybridized carbons (Fsp3) is 0.400. The molecule has 0 aliphatic carbocycles. The predicted molar refractivity (Wildman–Crippen MR) is 73.0 cm³/mol. The average Bonchev–Trinajstić information content (AvgIpc) is 2.37. The molecule has 0 saturated carbocycles. The van der Waals surface area contributed by atoms with Crippen LogP contribution in [0.1, 0.15) is 26.3 Å². The first-order valence-corrected chi connectivity index (χ1v) is 6.15. The smallest absolute Gasteiger partial charge is 0.227 e. The van der Waals surface area contributed by atoms with Gasteiger partial charge >= 0.3 is 0 Å². The first-order valence-electron chi connectivity index (χ1n) is 6.15. The largest absolute Gasteiger partial charge is 0.384 e. The van der Waals surface area contributed by atoms with Gasteiger partial charge < -0.3 is 10.4 Å². The molecule has 0 fully saturated rings. The Labute approximate surface area is 112 Å². The van der Waals surface area contributed by atoms with Crippen molar-refractivity contribution in [3.63, 3.8) is 0 Å². The van der Waals surface area contributed by atoms with Crippen LogP contribution in [0.3, 0.4) is 0 Å². The van der Waals surface area contributed by atoms with Crippen LogP contribution in [0.25, 0.3) is 0 Å². The number of carbonyl (C=O) groups is 1. The number of hydrogen-bond donors (Lipinski definition) is 2. The van der Waals surface area contributed by atoms with Crippen LogP contribution in [0, 0.1) is 29.5 Å². The van der Waals surface area contributed by atoms with E-state index in [1.165, 1.54) is 18.2 Å². The van der Waals surface area contributed by atoms with Crippen LogP contribution in [-0.2, 0) is 4.79 Å². The normalized spacial score (nSPS) is 11.7. The standard InChI is InChI=1S/C15H18FNO2/c1-10(2)11(3)15(19)17-14-7-6-13(16)9-12(14)5-4-8-18/h6-7,9-11,18H,8H2,1-3H3,(H,17,19). The fourth-order valence-electron chi connectivity index (χ4n) is 1.41. The zero-order valence-electron chi connectivity index (χ0n) is 11.3. The minimum absolute atomic E-state index is 0.131. The molecule has 0 aliphatic heterocycles. The third-order valence-corrected chi connectivity index (χ3v) is 2.96. The fourth-order valence-corrected chi connectivity index (χ4v) is 1.41. The van der Waals surface area contributed by atoms with Crippen molar-refractivity contribution in [2.24, 2.45) is 11.8 Å². The molecular formula is C15H18FNO2. The molecule has 1 rings (SSSR count). The molecule has 0 radical (unpaired) electrons. The van der Waals surface area contributed by atoms with Crippen molar-refractivity contribution in [2.45, 2.75) is 20.8 Å². The van der Waals surface area contributed by atoms with Crippen molar-refractivity contribution in [1.82, 2.24) is 0 Å². The molecule has 0 saturated heterocycles. The zero-order chi connectivity index (χ0) is 14.4. The quantitative estimate of drug-likeness (QED) is 0.823. The number of nitrogens with one attached hydrogen (secondary N) is 1. The molecule has 1 amide bonds. The molecule has 0 heterocycles. The molecule has 0 spiro atoms. The summed E-state index contributed by atoms with van der Waals surface area (Å²) >= 11 is 0. The number of aliphatic hydroxyl groups excluding tert-OH is 1. The van der Waals surface area contributed by atoms with Gasteiger partial charge in [0.25, 0.3) is 0 Å². The van der Waals surface area contributed by atoms with Crippen LogP contribution in [0.15, 0.2) is 18.2 Å². The highest BCUT2D eigenvalue weighted by molar-refractivity contribution is 5.93. The van der Waals surface area contributed by atoms with Crippen LogP contribution < -0.4 is 5.32 Å². The van der Waals surface area contributed by atoms with E-state index in [1.807, 2.05) is 20.8 Å². The van der Waals surface area contributed by atoms with Gasteiger partial charge in [-0.1, -0.05) is 32.6 Å². The van der Waals surface area contributed by atoms with E-state index >= 15 is 0 Å². The summed E-state index contributed by atoms with van der Waals surface area (Å²) in [5, 5.41) is 11.4. The van der Waals surface area contributed by atoms with E-state index in [0.717, 1.165) is 0 Å². The maximum Gasteiger partial charge on any atom is 0.227 e. The second-order valence-corrected chi connectivity index (χ2v) is 4.67. The van der Waals surface area contributed by atoms with Gasteiger partial charge in [0.15, 0.2) is 0 Å². The molecule has 2 N–H and O–H groups in total. The summed E-state index contributed by atoms with van der Waals surface area (Å²) in [7, 11) is 0. The lowest BCUT2D eigenvalue weighted by Crippen LogP contribution is -2.24. The summed E-state index contributed by atoms with van der Waals surface area (Å²) in [6.45, 7) is 5.44. The molecular weight excluding hydrogens is 245 g/mol. The minimum Gasteiger partial charge on any atom is -0.384 e. The third-order valence-electron chi connectivity index (χ3n) is 2.96. The number of amides is 1. The van der Waals surface area contributed by atoms with Crippen LogP contribution in [-0.4, -0.2) is 17.6 Å². The van der Waals surface area contributed by atoms with E-state index in [9.17, 15) is 9.18 Å². The van der Waals surface area contributed by atoms with Crippen LogP contribution in [0.5, 0.6) is 0 Å². The molecule has 0 aliphatic rings. The van der Waals surface area contributed by atoms with Crippen molar-refractivity contribution in [2.75, 3.05) is 11.9 Å². The highest BCUT2D eigenvalue weighted by atomic mass is 19.1. The number of benzene rings is 1. The van der Waals surface area contributed by atoms with Gasteiger partial charge in [0.1, 0.15) is 12.4 Å². The molecule has 4 heteroatoms. The van der Waals surface area contributed by atoms with Crippen molar-refractivity contribution < 1.29 is 14.3 Å². The Kier molecular flexibility index (Phi) is 5.53. The van der Waals surface area contributed by atoms with E-state index in [-0.39, 0.29) is 24.3 Å². The molecule has 19 heavy (non-hydrogen) atoms. The summed E-state index contributed by atoms with van der Waals surface area (Å²) in [4.78, 5) is 12.0. The molecule has 0 aromatic heterocycles. The van der Waals surface area contributed by atoms with Gasteiger partial charge in [0, 0.05) is 5.92 Å². The van der Waals surface area contributed by atoms with E-state index in [1.54, 1.807) is 0 Å². The zero-order valence-corrected chi connectivity index (χ0v) is 11.3. The minimum atomic E-state index is -0.433. The summed E-state index contributed by atoms with van der Waals surface area (Å²) < 4.78 is 13.2. The highest BCUT2D eigenvalue weighted by Crippen LogP contribution is 2.19. The molecule has 102 valence electrons. The second kappa shape index (κ2) is 6.91. The summed E-state index contributed by atoms with van der Waals surface area (Å²) in [6, 6.07) is 3.97. The summed E-state index contributed by atoms with van der Waals surface area (Å²) in [5.74, 6) is 4.57. The molecule has 1 aromatic carbocycles. The Hall–Kier alpha value is -1.86. The van der Waals surface area contributed by atoms with Gasteiger partial charge in [0.05, 0.1) is 11.3 Å². The Morgan fingerprint density at radius 2 is 2.11 bits per heavy atom. The van der Waals surface area contributed by atoms with E-state index in [0.29, 0.717) is 11.3 Å². The Bertz CT molecular complexity index is 515. The number of carbonyl (C=O) groups excluding carboxylic acids is 1. The topological polar surface area (TPSA) is 49.3 Å². The summed E-state index contributed by atoms with van der Waals surface area (Å²) in [6.07, 6.45) is 0. The van der Waals surface area contributed by atoms with Crippen LogP contribution in [0.4, 0.5) is 10.1 Å². The Morgan fingerprint density at radius 1 is 1.42 bits per heavy atom. The van der Waals surface area contributed by atoms with Crippen molar-refractivity contribution in [1.29, 1.82) is 0 Å². The molecule has 1 atom stereocenters. The predicted octanol–water partition coefficient (Wildman–Crippen LogP) is 2.40. The highest BCUT2D eigenvalue weighted by Gasteiger charge is 2.17. The first kappa shape index (κ1) is 15.2. The van der Waals surface area contributed by atoms with Crippen LogP contribution in [0.2, 0.25) is 0 Å². The Morgan fingerprint density at radius 3 is 2.68 bits per heavy atom. The van der Waals surface area contributed by atoms with Gasteiger partial charge in [-0.3, -0.25) is 4.79 Å². The number of hydrogen-bond acceptors (Lipinski definition) is 2. The lowest BCUT2D eigenvalue weighted by atomic mass is 9.97. The van der Waals surface area contributed by atoms with Crippen molar-refractivity contribution in [3.05, 3.63) is 29.6 Å². The molecule has 3 nitrogen and oxygen atoms in total. The van der Waals surface area contributed by atoms with Crippen molar-refractivity contribution >= 4 is 11.6 Å². The van der Waals surface area contributed by atoms with E-state index < -0.39 is 5.82 Å². The lowest BCUT2D eigenvalue weighted by Gasteiger charge is -2.16. The SMILES string of the molecule is CC(C)C(C)C(=O)Nc1ccc(F)cc1C#CCO. The summed E-state index contributed by atoms with van der Waals surface area (Å²) in [5.41, 5.74) is 0.818. The number of halogens is 1. The van der Waals surface area contributed by atoms with Gasteiger partial charge in [-0.25, -0.2) is 4.39 Å². The average molecular weight is 263 g/mol. The maximum absolute atomic E-state index is 13.2. The van der Waals surface area contributed by atoms with E-state index in [2.05, 4.69) is 17.2 Å².